The molecule has 9 N–H and O–H groups in total. The van der Waals surface area contributed by atoms with Gasteiger partial charge in [0.05, 0.1) is 49.9 Å². The topological polar surface area (TPSA) is 237 Å². The number of anilines is 8. The summed E-state index contributed by atoms with van der Waals surface area (Å²) in [5.74, 6) is 0.229. The molecule has 0 aliphatic carbocycles. The van der Waals surface area contributed by atoms with Gasteiger partial charge in [-0.25, -0.2) is 19.3 Å². The van der Waals surface area contributed by atoms with Gasteiger partial charge in [-0.1, -0.05) is 18.2 Å². The molecule has 0 unspecified atom stereocenters. The molecule has 2 aliphatic heterocycles. The van der Waals surface area contributed by atoms with Gasteiger partial charge in [0.25, 0.3) is 0 Å². The number of nitrogens with zero attached hydrogens (tertiary/aromatic N) is 11. The second-order valence-electron chi connectivity index (χ2n) is 18.9. The maximum absolute atomic E-state index is 14.1. The van der Waals surface area contributed by atoms with Crippen molar-refractivity contribution >= 4 is 79.8 Å². The van der Waals surface area contributed by atoms with E-state index in [0.29, 0.717) is 45.0 Å². The van der Waals surface area contributed by atoms with Crippen LogP contribution in [0.25, 0.3) is 66.9 Å². The minimum absolute atomic E-state index is 0.00635. The molecule has 0 amide bonds. The number of pyridine rings is 3. The fourth-order valence-electron chi connectivity index (χ4n) is 9.98. The lowest BCUT2D eigenvalue weighted by Gasteiger charge is -2.31. The van der Waals surface area contributed by atoms with Crippen molar-refractivity contribution in [1.29, 1.82) is 0 Å². The number of aromatic nitrogens is 9. The predicted octanol–water partition coefficient (Wildman–Crippen LogP) is 12.1. The van der Waals surface area contributed by atoms with Crippen LogP contribution in [-0.2, 0) is 18.5 Å². The number of hydrogen-bond donors (Lipinski definition) is 6. The zero-order chi connectivity index (χ0) is 58.7. The summed E-state index contributed by atoms with van der Waals surface area (Å²) in [6.45, 7) is 2.89. The van der Waals surface area contributed by atoms with Gasteiger partial charge in [0, 0.05) is 75.4 Å². The molecule has 9 aromatic rings. The van der Waals surface area contributed by atoms with Gasteiger partial charge in [-0.05, 0) is 111 Å². The van der Waals surface area contributed by atoms with Crippen LogP contribution in [-0.4, -0.2) is 92.2 Å². The van der Waals surface area contributed by atoms with Crippen LogP contribution >= 0.6 is 0 Å². The van der Waals surface area contributed by atoms with Crippen molar-refractivity contribution in [2.24, 2.45) is 0 Å². The molecule has 82 heavy (non-hydrogen) atoms. The van der Waals surface area contributed by atoms with Crippen LogP contribution in [0.4, 0.5) is 90.6 Å². The van der Waals surface area contributed by atoms with Crippen LogP contribution in [0.5, 0.6) is 0 Å². The summed E-state index contributed by atoms with van der Waals surface area (Å²) in [5.41, 5.74) is 16.0. The number of hydrogen-bond acceptors (Lipinski definition) is 17. The molecule has 27 heteroatoms. The van der Waals surface area contributed by atoms with Crippen molar-refractivity contribution in [3.05, 3.63) is 114 Å². The number of piperidine rings is 2. The van der Waals surface area contributed by atoms with E-state index in [1.165, 1.54) is 24.3 Å². The molecule has 0 bridgehead atoms. The summed E-state index contributed by atoms with van der Waals surface area (Å²) in [6, 6.07) is 20.6. The van der Waals surface area contributed by atoms with Crippen molar-refractivity contribution in [3.8, 4) is 33.8 Å². The summed E-state index contributed by atoms with van der Waals surface area (Å²) in [5, 5.41) is 10.3. The number of rotatable bonds is 8. The number of nitrogen functional groups attached to an aromatic ring is 3. The van der Waals surface area contributed by atoms with Gasteiger partial charge < -0.3 is 43.0 Å². The van der Waals surface area contributed by atoms with Crippen LogP contribution in [0.1, 0.15) is 55.2 Å². The maximum Gasteiger partial charge on any atom is 0.417 e. The number of nitrogens with one attached hydrogen (secondary N) is 3. The first-order valence-corrected chi connectivity index (χ1v) is 25.7. The third-order valence-electron chi connectivity index (χ3n) is 13.6. The second kappa shape index (κ2) is 23.5. The highest BCUT2D eigenvalue weighted by Gasteiger charge is 2.38. The first-order valence-electron chi connectivity index (χ1n) is 25.7. The fourth-order valence-corrected chi connectivity index (χ4v) is 9.98. The molecule has 2 fully saturated rings. The Labute approximate surface area is 461 Å². The van der Waals surface area contributed by atoms with E-state index in [-0.39, 0.29) is 63.0 Å². The predicted molar refractivity (Wildman–Crippen MR) is 297 cm³/mol. The molecule has 428 valence electrons. The lowest BCUT2D eigenvalue weighted by molar-refractivity contribution is -0.138. The molecule has 2 saturated heterocycles. The minimum Gasteiger partial charge on any atom is -0.372 e. The Hall–Kier alpha value is -9.17. The zero-order valence-electron chi connectivity index (χ0n) is 44.2. The SMILES string of the molecule is CNc1nc(N)nc2nc(-c3c(F)cccc3C(F)(F)F)ccc12.CNc1nc(N)nc2nc(-c3c(N4CCCCC4)cccc3C(F)(F)F)ccc12.CNc1nc(N)nc2nc(-c3c(N4CCCCC4)cccc3C(F)(F)F)ccc12. The van der Waals surface area contributed by atoms with E-state index in [4.69, 9.17) is 17.2 Å². The van der Waals surface area contributed by atoms with Crippen molar-refractivity contribution in [3.63, 3.8) is 0 Å². The lowest BCUT2D eigenvalue weighted by Crippen LogP contribution is -2.30. The Morgan fingerprint density at radius 3 is 1.00 bits per heavy atom. The minimum atomic E-state index is -4.71. The molecular formula is C55H53F10N17. The highest BCUT2D eigenvalue weighted by Crippen LogP contribution is 2.45. The molecule has 6 aromatic heterocycles. The molecule has 11 rings (SSSR count). The van der Waals surface area contributed by atoms with Crippen LogP contribution in [0, 0.1) is 5.82 Å². The van der Waals surface area contributed by atoms with Gasteiger partial charge in [-0.2, -0.15) is 69.4 Å². The van der Waals surface area contributed by atoms with Crippen LogP contribution in [0.3, 0.4) is 0 Å². The monoisotopic (exact) mass is 1140 g/mol. The van der Waals surface area contributed by atoms with E-state index in [0.717, 1.165) is 95.0 Å². The molecule has 0 radical (unpaired) electrons. The highest BCUT2D eigenvalue weighted by atomic mass is 19.4. The Balaban J connectivity index is 0.000000149. The Morgan fingerprint density at radius 1 is 0.378 bits per heavy atom. The summed E-state index contributed by atoms with van der Waals surface area (Å²) >= 11 is 0. The van der Waals surface area contributed by atoms with Crippen LogP contribution < -0.4 is 43.0 Å². The van der Waals surface area contributed by atoms with E-state index >= 15 is 0 Å². The first-order chi connectivity index (χ1) is 39.1. The number of alkyl halides is 9. The van der Waals surface area contributed by atoms with E-state index in [1.54, 1.807) is 57.5 Å². The molecule has 0 atom stereocenters. The van der Waals surface area contributed by atoms with Gasteiger partial charge in [0.1, 0.15) is 23.3 Å². The maximum atomic E-state index is 14.1. The highest BCUT2D eigenvalue weighted by molar-refractivity contribution is 5.93. The molecule has 17 nitrogen and oxygen atoms in total. The van der Waals surface area contributed by atoms with E-state index in [1.807, 2.05) is 9.80 Å². The number of benzene rings is 3. The van der Waals surface area contributed by atoms with Crippen molar-refractivity contribution in [2.45, 2.75) is 57.1 Å². The van der Waals surface area contributed by atoms with E-state index in [9.17, 15) is 43.9 Å². The molecular weight excluding hydrogens is 1090 g/mol. The van der Waals surface area contributed by atoms with Crippen LogP contribution in [0.15, 0.2) is 91.0 Å². The second-order valence-corrected chi connectivity index (χ2v) is 18.9. The Morgan fingerprint density at radius 2 is 0.683 bits per heavy atom. The van der Waals surface area contributed by atoms with Gasteiger partial charge >= 0.3 is 18.5 Å². The summed E-state index contributed by atoms with van der Waals surface area (Å²) in [7, 11) is 4.97. The molecule has 0 spiro atoms. The smallest absolute Gasteiger partial charge is 0.372 e. The largest absolute Gasteiger partial charge is 0.417 e. The Kier molecular flexibility index (Phi) is 16.5. The molecule has 2 aliphatic rings. The Bertz CT molecular complexity index is 3620. The third kappa shape index (κ3) is 12.3. The normalized spacial score (nSPS) is 14.0. The standard InChI is InChI=1S/2C20H21F3N6.C15H11F4N5/c2*1-25-17-12-8-9-14(26-18(12)28-19(24)27-17)16-13(20(21,22)23)6-5-7-15(16)29-10-3-2-4-11-29;1-21-12-7-5-6-10(22-13(7)24-14(20)23-12)11-8(15(17,18)19)3-2-4-9(11)16/h2*5-9H,2-4,10-11H2,1H3,(H3,24,25,26,27,28);2-6H,1H3,(H3,20,21,22,23,24). The third-order valence-corrected chi connectivity index (χ3v) is 13.6. The zero-order valence-corrected chi connectivity index (χ0v) is 44.2. The summed E-state index contributed by atoms with van der Waals surface area (Å²) in [6.07, 6.45) is -7.73. The average molecular weight is 1140 g/mol. The van der Waals surface area contributed by atoms with E-state index in [2.05, 4.69) is 60.8 Å². The summed E-state index contributed by atoms with van der Waals surface area (Å²) < 4.78 is 137. The fraction of sp³-hybridized carbons (Fsp3) is 0.291. The van der Waals surface area contributed by atoms with Gasteiger partial charge in [0.2, 0.25) is 17.8 Å². The number of halogens is 10. The van der Waals surface area contributed by atoms with Crippen LogP contribution in [0.2, 0.25) is 0 Å². The number of nitrogens with two attached hydrogens (primary N) is 3. The molecule has 8 heterocycles. The lowest BCUT2D eigenvalue weighted by atomic mass is 9.98. The number of fused-ring (bicyclic) bond motifs is 3. The van der Waals surface area contributed by atoms with Crippen molar-refractivity contribution in [2.75, 3.05) is 90.3 Å². The van der Waals surface area contributed by atoms with Crippen molar-refractivity contribution < 1.29 is 43.9 Å². The van der Waals surface area contributed by atoms with Crippen molar-refractivity contribution in [1.82, 2.24) is 44.9 Å². The van der Waals surface area contributed by atoms with Gasteiger partial charge in [-0.3, -0.25) is 0 Å². The average Bonchev–Trinajstić information content (AvgIpc) is 2.81. The van der Waals surface area contributed by atoms with Gasteiger partial charge in [0.15, 0.2) is 16.9 Å². The molecule has 3 aromatic carbocycles. The van der Waals surface area contributed by atoms with E-state index < -0.39 is 46.6 Å². The molecule has 0 saturated carbocycles. The van der Waals surface area contributed by atoms with Gasteiger partial charge in [-0.15, -0.1) is 0 Å². The first kappa shape index (κ1) is 57.5. The summed E-state index contributed by atoms with van der Waals surface area (Å²) in [4.78, 5) is 41.3. The quantitative estimate of drug-likeness (QED) is 0.0776.